The van der Waals surface area contributed by atoms with Crippen LogP contribution in [-0.4, -0.2) is 46.8 Å². The number of rotatable bonds is 4. The van der Waals surface area contributed by atoms with Gasteiger partial charge in [0.15, 0.2) is 0 Å². The zero-order valence-electron chi connectivity index (χ0n) is 15.9. The molecule has 6 nitrogen and oxygen atoms in total. The molecular formula is C20H19ClF3N3O3. The van der Waals surface area contributed by atoms with Crippen LogP contribution in [0.4, 0.5) is 18.9 Å². The first-order chi connectivity index (χ1) is 14.1. The molecular weight excluding hydrogens is 423 g/mol. The molecule has 160 valence electrons. The number of nitrogens with zero attached hydrogens (tertiary/aromatic N) is 3. The van der Waals surface area contributed by atoms with E-state index in [9.17, 15) is 28.1 Å². The maximum atomic E-state index is 12.8. The second kappa shape index (κ2) is 9.01. The average molecular weight is 442 g/mol. The molecule has 1 heterocycles. The molecule has 1 fully saturated rings. The SMILES string of the molecule is O=C(c1ccc(Cl)cc1[N+](=O)[O-])N1CCCN(Cc2ccc(C(F)(F)F)cc2)CC1. The van der Waals surface area contributed by atoms with E-state index >= 15 is 0 Å². The van der Waals surface area contributed by atoms with Crippen molar-refractivity contribution in [3.63, 3.8) is 0 Å². The van der Waals surface area contributed by atoms with Crippen LogP contribution in [0, 0.1) is 10.1 Å². The van der Waals surface area contributed by atoms with Gasteiger partial charge in [-0.25, -0.2) is 0 Å². The standard InChI is InChI=1S/C20H19ClF3N3O3/c21-16-6-7-17(18(12-16)27(29)30)19(28)26-9-1-8-25(10-11-26)13-14-2-4-15(5-3-14)20(22,23)24/h2-7,12H,1,8-11,13H2. The fraction of sp³-hybridized carbons (Fsp3) is 0.350. The van der Waals surface area contributed by atoms with Gasteiger partial charge in [-0.05, 0) is 36.2 Å². The van der Waals surface area contributed by atoms with Crippen molar-refractivity contribution in [2.75, 3.05) is 26.2 Å². The molecule has 1 amide bonds. The van der Waals surface area contributed by atoms with Gasteiger partial charge in [0.25, 0.3) is 11.6 Å². The Morgan fingerprint density at radius 2 is 1.77 bits per heavy atom. The van der Waals surface area contributed by atoms with Gasteiger partial charge >= 0.3 is 6.18 Å². The number of alkyl halides is 3. The Hall–Kier alpha value is -2.65. The second-order valence-electron chi connectivity index (χ2n) is 7.04. The molecule has 2 aromatic rings. The van der Waals surface area contributed by atoms with Crippen LogP contribution in [0.1, 0.15) is 27.9 Å². The molecule has 0 radical (unpaired) electrons. The summed E-state index contributed by atoms with van der Waals surface area (Å²) in [5.41, 5.74) is -0.293. The van der Waals surface area contributed by atoms with Crippen LogP contribution >= 0.6 is 11.6 Å². The number of nitro benzene ring substituents is 1. The van der Waals surface area contributed by atoms with Crippen molar-refractivity contribution in [2.24, 2.45) is 0 Å². The molecule has 1 saturated heterocycles. The normalized spacial score (nSPS) is 15.7. The number of carbonyl (C=O) groups excluding carboxylic acids is 1. The maximum absolute atomic E-state index is 12.8. The molecule has 30 heavy (non-hydrogen) atoms. The van der Waals surface area contributed by atoms with E-state index in [0.29, 0.717) is 39.1 Å². The molecule has 2 aromatic carbocycles. The van der Waals surface area contributed by atoms with Gasteiger partial charge in [-0.2, -0.15) is 13.2 Å². The van der Waals surface area contributed by atoms with Crippen LogP contribution in [0.5, 0.6) is 0 Å². The van der Waals surface area contributed by atoms with Crippen LogP contribution in [0.2, 0.25) is 5.02 Å². The topological polar surface area (TPSA) is 66.7 Å². The monoisotopic (exact) mass is 441 g/mol. The lowest BCUT2D eigenvalue weighted by Gasteiger charge is -2.22. The smallest absolute Gasteiger partial charge is 0.337 e. The molecule has 0 spiro atoms. The summed E-state index contributed by atoms with van der Waals surface area (Å²) in [5, 5.41) is 11.4. The summed E-state index contributed by atoms with van der Waals surface area (Å²) in [4.78, 5) is 27.1. The van der Waals surface area contributed by atoms with Crippen LogP contribution < -0.4 is 0 Å². The van der Waals surface area contributed by atoms with E-state index < -0.39 is 22.6 Å². The van der Waals surface area contributed by atoms with Crippen LogP contribution in [-0.2, 0) is 12.7 Å². The predicted molar refractivity (Wildman–Crippen MR) is 105 cm³/mol. The minimum atomic E-state index is -4.37. The first-order valence-electron chi connectivity index (χ1n) is 9.27. The molecule has 0 atom stereocenters. The highest BCUT2D eigenvalue weighted by Gasteiger charge is 2.30. The number of hydrogen-bond acceptors (Lipinski definition) is 4. The van der Waals surface area contributed by atoms with E-state index in [1.165, 1.54) is 24.3 Å². The van der Waals surface area contributed by atoms with Crippen LogP contribution in [0.15, 0.2) is 42.5 Å². The van der Waals surface area contributed by atoms with Gasteiger partial charge in [0.1, 0.15) is 5.56 Å². The Kier molecular flexibility index (Phi) is 6.62. The Morgan fingerprint density at radius 3 is 2.40 bits per heavy atom. The van der Waals surface area contributed by atoms with E-state index in [1.54, 1.807) is 4.90 Å². The second-order valence-corrected chi connectivity index (χ2v) is 7.47. The third-order valence-electron chi connectivity index (χ3n) is 4.95. The Balaban J connectivity index is 1.65. The van der Waals surface area contributed by atoms with Gasteiger partial charge < -0.3 is 4.90 Å². The number of benzene rings is 2. The Morgan fingerprint density at radius 1 is 1.07 bits per heavy atom. The molecule has 10 heteroatoms. The van der Waals surface area contributed by atoms with Gasteiger partial charge in [-0.3, -0.25) is 19.8 Å². The van der Waals surface area contributed by atoms with Gasteiger partial charge in [-0.15, -0.1) is 0 Å². The largest absolute Gasteiger partial charge is 0.416 e. The van der Waals surface area contributed by atoms with Crippen LogP contribution in [0.25, 0.3) is 0 Å². The Bertz CT molecular complexity index is 935. The number of nitro groups is 1. The quantitative estimate of drug-likeness (QED) is 0.513. The number of carbonyl (C=O) groups is 1. The van der Waals surface area contributed by atoms with Gasteiger partial charge in [0, 0.05) is 43.8 Å². The summed E-state index contributed by atoms with van der Waals surface area (Å²) in [7, 11) is 0. The summed E-state index contributed by atoms with van der Waals surface area (Å²) in [6, 6.07) is 8.97. The summed E-state index contributed by atoms with van der Waals surface area (Å²) >= 11 is 5.81. The fourth-order valence-corrected chi connectivity index (χ4v) is 3.56. The minimum absolute atomic E-state index is 0.0133. The third kappa shape index (κ3) is 5.28. The Labute approximate surface area is 176 Å². The molecule has 0 aromatic heterocycles. The molecule has 0 bridgehead atoms. The molecule has 0 unspecified atom stereocenters. The van der Waals surface area contributed by atoms with Crippen molar-refractivity contribution in [3.05, 3.63) is 74.3 Å². The van der Waals surface area contributed by atoms with E-state index in [2.05, 4.69) is 0 Å². The highest BCUT2D eigenvalue weighted by Crippen LogP contribution is 2.29. The van der Waals surface area contributed by atoms with Crippen molar-refractivity contribution >= 4 is 23.2 Å². The number of hydrogen-bond donors (Lipinski definition) is 0. The van der Waals surface area contributed by atoms with E-state index in [0.717, 1.165) is 23.8 Å². The highest BCUT2D eigenvalue weighted by molar-refractivity contribution is 6.31. The van der Waals surface area contributed by atoms with Crippen LogP contribution in [0.3, 0.4) is 0 Å². The third-order valence-corrected chi connectivity index (χ3v) is 5.19. The zero-order chi connectivity index (χ0) is 21.9. The van der Waals surface area contributed by atoms with E-state index in [1.807, 2.05) is 4.90 Å². The molecule has 0 N–H and O–H groups in total. The first-order valence-corrected chi connectivity index (χ1v) is 9.64. The fourth-order valence-electron chi connectivity index (χ4n) is 3.40. The van der Waals surface area contributed by atoms with E-state index in [4.69, 9.17) is 11.6 Å². The summed E-state index contributed by atoms with van der Waals surface area (Å²) in [5.74, 6) is -0.435. The highest BCUT2D eigenvalue weighted by atomic mass is 35.5. The van der Waals surface area contributed by atoms with Gasteiger partial charge in [-0.1, -0.05) is 23.7 Å². The van der Waals surface area contributed by atoms with E-state index in [-0.39, 0.29) is 16.3 Å². The van der Waals surface area contributed by atoms with Crippen molar-refractivity contribution in [1.82, 2.24) is 9.80 Å². The minimum Gasteiger partial charge on any atom is -0.337 e. The maximum Gasteiger partial charge on any atom is 0.416 e. The van der Waals surface area contributed by atoms with Gasteiger partial charge in [0.2, 0.25) is 0 Å². The molecule has 0 aliphatic carbocycles. The van der Waals surface area contributed by atoms with Crippen molar-refractivity contribution in [1.29, 1.82) is 0 Å². The lowest BCUT2D eigenvalue weighted by atomic mass is 10.1. The average Bonchev–Trinajstić information content (AvgIpc) is 2.92. The lowest BCUT2D eigenvalue weighted by molar-refractivity contribution is -0.385. The number of amides is 1. The predicted octanol–water partition coefficient (Wildman–Crippen LogP) is 4.62. The molecule has 1 aliphatic heterocycles. The summed E-state index contributed by atoms with van der Waals surface area (Å²) < 4.78 is 38.1. The van der Waals surface area contributed by atoms with Crippen molar-refractivity contribution in [3.8, 4) is 0 Å². The molecule has 0 saturated carbocycles. The zero-order valence-corrected chi connectivity index (χ0v) is 16.6. The summed E-state index contributed by atoms with van der Waals surface area (Å²) in [6.07, 6.45) is -3.72. The van der Waals surface area contributed by atoms with Crippen molar-refractivity contribution in [2.45, 2.75) is 19.1 Å². The molecule has 3 rings (SSSR count). The molecule has 1 aliphatic rings. The first kappa shape index (κ1) is 22.0. The summed E-state index contributed by atoms with van der Waals surface area (Å²) in [6.45, 7) is 2.42. The van der Waals surface area contributed by atoms with Gasteiger partial charge in [0.05, 0.1) is 10.5 Å². The number of halogens is 4. The lowest BCUT2D eigenvalue weighted by Crippen LogP contribution is -2.35. The van der Waals surface area contributed by atoms with Crippen molar-refractivity contribution < 1.29 is 22.9 Å².